The lowest BCUT2D eigenvalue weighted by atomic mass is 10.4. The molecule has 1 heterocycles. The Morgan fingerprint density at radius 3 is 2.23 bits per heavy atom. The Morgan fingerprint density at radius 1 is 1.23 bits per heavy atom. The van der Waals surface area contributed by atoms with Crippen molar-refractivity contribution in [3.05, 3.63) is 22.7 Å². The maximum absolute atomic E-state index is 4.21. The third-order valence-electron chi connectivity index (χ3n) is 1.93. The first-order chi connectivity index (χ1) is 6.26. The largest absolute Gasteiger partial charge is 0.296 e. The van der Waals surface area contributed by atoms with Gasteiger partial charge in [-0.15, -0.1) is 0 Å². The molecule has 0 saturated heterocycles. The number of hydrogen-bond donors (Lipinski definition) is 0. The fourth-order valence-corrected chi connectivity index (χ4v) is 1.27. The molecule has 0 bridgehead atoms. The number of hydrogen-bond acceptors (Lipinski definition) is 3. The van der Waals surface area contributed by atoms with Gasteiger partial charge in [-0.3, -0.25) is 4.90 Å². The summed E-state index contributed by atoms with van der Waals surface area (Å²) < 4.78 is 0.927. The highest BCUT2D eigenvalue weighted by molar-refractivity contribution is 9.10. The summed E-state index contributed by atoms with van der Waals surface area (Å²) in [5, 5.41) is 0. The number of rotatable bonds is 4. The molecule has 0 saturated carbocycles. The average molecular weight is 244 g/mol. The van der Waals surface area contributed by atoms with E-state index in [1.54, 1.807) is 12.4 Å². The van der Waals surface area contributed by atoms with Gasteiger partial charge in [-0.1, -0.05) is 13.8 Å². The zero-order chi connectivity index (χ0) is 9.68. The molecule has 3 nitrogen and oxygen atoms in total. The summed E-state index contributed by atoms with van der Waals surface area (Å²) in [6, 6.07) is 0. The van der Waals surface area contributed by atoms with Gasteiger partial charge in [-0.2, -0.15) is 0 Å². The molecule has 72 valence electrons. The summed E-state index contributed by atoms with van der Waals surface area (Å²) in [6.07, 6.45) is 3.57. The summed E-state index contributed by atoms with van der Waals surface area (Å²) in [6.45, 7) is 7.19. The lowest BCUT2D eigenvalue weighted by Gasteiger charge is -2.16. The van der Waals surface area contributed by atoms with Gasteiger partial charge in [0.25, 0.3) is 0 Å². The van der Waals surface area contributed by atoms with Crippen LogP contribution in [0.1, 0.15) is 19.7 Å². The van der Waals surface area contributed by atoms with Crippen LogP contribution in [0.3, 0.4) is 0 Å². The first-order valence-electron chi connectivity index (χ1n) is 4.45. The Hall–Kier alpha value is -0.480. The van der Waals surface area contributed by atoms with Gasteiger partial charge >= 0.3 is 0 Å². The van der Waals surface area contributed by atoms with E-state index < -0.39 is 0 Å². The van der Waals surface area contributed by atoms with E-state index in [-0.39, 0.29) is 0 Å². The van der Waals surface area contributed by atoms with Gasteiger partial charge in [-0.05, 0) is 29.0 Å². The van der Waals surface area contributed by atoms with Crippen molar-refractivity contribution in [3.8, 4) is 0 Å². The maximum atomic E-state index is 4.21. The molecule has 4 heteroatoms. The van der Waals surface area contributed by atoms with E-state index in [0.29, 0.717) is 0 Å². The molecule has 0 amide bonds. The van der Waals surface area contributed by atoms with Gasteiger partial charge in [0.15, 0.2) is 0 Å². The van der Waals surface area contributed by atoms with Crippen molar-refractivity contribution >= 4 is 15.9 Å². The van der Waals surface area contributed by atoms with Crippen molar-refractivity contribution < 1.29 is 0 Å². The molecule has 1 rings (SSSR count). The van der Waals surface area contributed by atoms with Crippen LogP contribution in [0, 0.1) is 0 Å². The number of halogens is 1. The van der Waals surface area contributed by atoms with E-state index in [4.69, 9.17) is 0 Å². The molecule has 0 atom stereocenters. The standard InChI is InChI=1S/C9H14BrN3/c1-3-13(4-2)7-9-11-5-8(10)6-12-9/h5-6H,3-4,7H2,1-2H3. The third kappa shape index (κ3) is 3.40. The Balaban J connectivity index is 2.58. The van der Waals surface area contributed by atoms with Gasteiger partial charge in [-0.25, -0.2) is 9.97 Å². The predicted molar refractivity (Wildman–Crippen MR) is 56.4 cm³/mol. The van der Waals surface area contributed by atoms with Crippen molar-refractivity contribution in [2.75, 3.05) is 13.1 Å². The molecule has 1 aromatic heterocycles. The Labute approximate surface area is 87.3 Å². The minimum atomic E-state index is 0.834. The Kier molecular flexibility index (Phi) is 4.32. The summed E-state index contributed by atoms with van der Waals surface area (Å²) in [5.74, 6) is 0.881. The zero-order valence-corrected chi connectivity index (χ0v) is 9.58. The Bertz CT molecular complexity index is 244. The van der Waals surface area contributed by atoms with Crippen LogP contribution in [0.4, 0.5) is 0 Å². The Morgan fingerprint density at radius 2 is 1.77 bits per heavy atom. The molecule has 0 aliphatic rings. The van der Waals surface area contributed by atoms with Crippen LogP contribution >= 0.6 is 15.9 Å². The van der Waals surface area contributed by atoms with E-state index in [1.807, 2.05) is 0 Å². The van der Waals surface area contributed by atoms with Crippen LogP contribution < -0.4 is 0 Å². The summed E-state index contributed by atoms with van der Waals surface area (Å²) >= 11 is 3.31. The highest BCUT2D eigenvalue weighted by atomic mass is 79.9. The lowest BCUT2D eigenvalue weighted by molar-refractivity contribution is 0.288. The van der Waals surface area contributed by atoms with E-state index in [1.165, 1.54) is 0 Å². The van der Waals surface area contributed by atoms with Crippen molar-refractivity contribution in [1.82, 2.24) is 14.9 Å². The third-order valence-corrected chi connectivity index (χ3v) is 2.34. The van der Waals surface area contributed by atoms with Crippen LogP contribution in [0.25, 0.3) is 0 Å². The molecule has 0 unspecified atom stereocenters. The van der Waals surface area contributed by atoms with Crippen LogP contribution in [0.2, 0.25) is 0 Å². The quantitative estimate of drug-likeness (QED) is 0.811. The van der Waals surface area contributed by atoms with Crippen molar-refractivity contribution in [2.24, 2.45) is 0 Å². The molecule has 1 aromatic rings. The molecular formula is C9H14BrN3. The summed E-state index contributed by atoms with van der Waals surface area (Å²) in [5.41, 5.74) is 0. The molecule has 0 aliphatic carbocycles. The highest BCUT2D eigenvalue weighted by Gasteiger charge is 2.02. The number of aromatic nitrogens is 2. The van der Waals surface area contributed by atoms with E-state index in [0.717, 1.165) is 29.9 Å². The van der Waals surface area contributed by atoms with Crippen molar-refractivity contribution in [2.45, 2.75) is 20.4 Å². The van der Waals surface area contributed by atoms with E-state index in [2.05, 4.69) is 44.6 Å². The second-order valence-corrected chi connectivity index (χ2v) is 3.69. The molecule has 0 aromatic carbocycles. The van der Waals surface area contributed by atoms with Gasteiger partial charge in [0.05, 0.1) is 11.0 Å². The molecule has 0 aliphatic heterocycles. The topological polar surface area (TPSA) is 29.0 Å². The van der Waals surface area contributed by atoms with Crippen molar-refractivity contribution in [1.29, 1.82) is 0 Å². The molecular weight excluding hydrogens is 230 g/mol. The fourth-order valence-electron chi connectivity index (χ4n) is 1.07. The second kappa shape index (κ2) is 5.29. The molecule has 13 heavy (non-hydrogen) atoms. The second-order valence-electron chi connectivity index (χ2n) is 2.78. The molecule has 0 N–H and O–H groups in total. The summed E-state index contributed by atoms with van der Waals surface area (Å²) in [7, 11) is 0. The van der Waals surface area contributed by atoms with Crippen LogP contribution in [0.15, 0.2) is 16.9 Å². The molecule has 0 spiro atoms. The van der Waals surface area contributed by atoms with Crippen LogP contribution in [-0.4, -0.2) is 28.0 Å². The van der Waals surface area contributed by atoms with E-state index in [9.17, 15) is 0 Å². The first kappa shape index (κ1) is 10.6. The van der Waals surface area contributed by atoms with E-state index >= 15 is 0 Å². The minimum Gasteiger partial charge on any atom is -0.296 e. The monoisotopic (exact) mass is 243 g/mol. The van der Waals surface area contributed by atoms with Gasteiger partial charge in [0.1, 0.15) is 5.82 Å². The fraction of sp³-hybridized carbons (Fsp3) is 0.556. The molecule has 0 fully saturated rings. The predicted octanol–water partition coefficient (Wildman–Crippen LogP) is 2.08. The van der Waals surface area contributed by atoms with Gasteiger partial charge in [0, 0.05) is 12.4 Å². The van der Waals surface area contributed by atoms with Crippen LogP contribution in [0.5, 0.6) is 0 Å². The first-order valence-corrected chi connectivity index (χ1v) is 5.24. The SMILES string of the molecule is CCN(CC)Cc1ncc(Br)cn1. The normalized spacial score (nSPS) is 10.8. The van der Waals surface area contributed by atoms with Crippen LogP contribution in [-0.2, 0) is 6.54 Å². The lowest BCUT2D eigenvalue weighted by Crippen LogP contribution is -2.23. The zero-order valence-electron chi connectivity index (χ0n) is 8.00. The molecule has 0 radical (unpaired) electrons. The smallest absolute Gasteiger partial charge is 0.142 e. The average Bonchev–Trinajstić information content (AvgIpc) is 2.17. The maximum Gasteiger partial charge on any atom is 0.142 e. The van der Waals surface area contributed by atoms with Crippen molar-refractivity contribution in [3.63, 3.8) is 0 Å². The van der Waals surface area contributed by atoms with Gasteiger partial charge in [0.2, 0.25) is 0 Å². The minimum absolute atomic E-state index is 0.834. The highest BCUT2D eigenvalue weighted by Crippen LogP contribution is 2.05. The summed E-state index contributed by atoms with van der Waals surface area (Å²) in [4.78, 5) is 10.7. The van der Waals surface area contributed by atoms with Gasteiger partial charge < -0.3 is 0 Å². The number of nitrogens with zero attached hydrogens (tertiary/aromatic N) is 3.